The Morgan fingerprint density at radius 3 is 2.41 bits per heavy atom. The SMILES string of the molecule is C#CCNC1CCCC(C(=O)NCC(=O)N2Cc3ccccc3C#Cc3ccccc32)CCC1. The maximum atomic E-state index is 13.3. The minimum absolute atomic E-state index is 0.0222. The molecular formula is C29H31N3O2. The average Bonchev–Trinajstić information content (AvgIpc) is 2.83. The van der Waals surface area contributed by atoms with Crippen LogP contribution in [0.2, 0.25) is 0 Å². The van der Waals surface area contributed by atoms with Crippen LogP contribution in [0.15, 0.2) is 48.5 Å². The van der Waals surface area contributed by atoms with Gasteiger partial charge in [0.15, 0.2) is 0 Å². The second-order valence-corrected chi connectivity index (χ2v) is 8.96. The zero-order chi connectivity index (χ0) is 23.8. The molecule has 0 unspecified atom stereocenters. The number of amides is 2. The van der Waals surface area contributed by atoms with Gasteiger partial charge in [0.2, 0.25) is 11.8 Å². The van der Waals surface area contributed by atoms with Crippen molar-refractivity contribution >= 4 is 17.5 Å². The zero-order valence-corrected chi connectivity index (χ0v) is 19.5. The maximum absolute atomic E-state index is 13.3. The molecule has 1 aliphatic carbocycles. The van der Waals surface area contributed by atoms with Crippen molar-refractivity contribution in [3.05, 3.63) is 65.2 Å². The van der Waals surface area contributed by atoms with Gasteiger partial charge in [0.05, 0.1) is 25.3 Å². The van der Waals surface area contributed by atoms with E-state index in [0.717, 1.165) is 60.9 Å². The van der Waals surface area contributed by atoms with E-state index in [1.54, 1.807) is 4.90 Å². The molecule has 2 aliphatic rings. The van der Waals surface area contributed by atoms with E-state index in [4.69, 9.17) is 6.42 Å². The van der Waals surface area contributed by atoms with Crippen molar-refractivity contribution < 1.29 is 9.59 Å². The van der Waals surface area contributed by atoms with E-state index in [9.17, 15) is 9.59 Å². The Kier molecular flexibility index (Phi) is 8.02. The molecule has 1 heterocycles. The molecular weight excluding hydrogens is 422 g/mol. The lowest BCUT2D eigenvalue weighted by Crippen LogP contribution is -2.42. The number of hydrogen-bond acceptors (Lipinski definition) is 3. The number of carbonyl (C=O) groups is 2. The highest BCUT2D eigenvalue weighted by Crippen LogP contribution is 2.26. The summed E-state index contributed by atoms with van der Waals surface area (Å²) in [6.45, 7) is 0.990. The first-order valence-electron chi connectivity index (χ1n) is 12.1. The van der Waals surface area contributed by atoms with E-state index in [1.165, 1.54) is 0 Å². The zero-order valence-electron chi connectivity index (χ0n) is 19.5. The first-order chi connectivity index (χ1) is 16.7. The number of rotatable bonds is 5. The predicted molar refractivity (Wildman–Crippen MR) is 135 cm³/mol. The summed E-state index contributed by atoms with van der Waals surface area (Å²) < 4.78 is 0. The van der Waals surface area contributed by atoms with Crippen LogP contribution >= 0.6 is 0 Å². The number of nitrogens with zero attached hydrogens (tertiary/aromatic N) is 1. The van der Waals surface area contributed by atoms with E-state index in [-0.39, 0.29) is 24.3 Å². The van der Waals surface area contributed by atoms with Crippen LogP contribution < -0.4 is 15.5 Å². The standard InChI is InChI=1S/C29H31N3O2/c1-2-19-30-26-14-7-12-24(13-8-15-26)29(34)31-20-28(33)32-21-25-11-4-3-9-22(25)17-18-23-10-5-6-16-27(23)32/h1,3-6,9-11,16,24,26,30H,7-8,12-15,19-21H2,(H,31,34). The number of fused-ring (bicyclic) bond motifs is 2. The molecule has 0 saturated heterocycles. The lowest BCUT2D eigenvalue weighted by Gasteiger charge is -2.27. The number of terminal acetylenes is 1. The molecule has 0 bridgehead atoms. The number of hydrogen-bond donors (Lipinski definition) is 2. The third-order valence-corrected chi connectivity index (χ3v) is 6.66. The lowest BCUT2D eigenvalue weighted by molar-refractivity contribution is -0.128. The Bertz CT molecular complexity index is 1130. The van der Waals surface area contributed by atoms with E-state index in [1.807, 2.05) is 48.5 Å². The Hall–Kier alpha value is -3.54. The van der Waals surface area contributed by atoms with Crippen LogP contribution in [-0.2, 0) is 16.1 Å². The van der Waals surface area contributed by atoms with Gasteiger partial charge in [-0.25, -0.2) is 0 Å². The molecule has 2 N–H and O–H groups in total. The fourth-order valence-corrected chi connectivity index (χ4v) is 4.79. The van der Waals surface area contributed by atoms with Gasteiger partial charge in [0.25, 0.3) is 0 Å². The van der Waals surface area contributed by atoms with Crippen molar-refractivity contribution in [2.24, 2.45) is 5.92 Å². The highest BCUT2D eigenvalue weighted by Gasteiger charge is 2.25. The van der Waals surface area contributed by atoms with Crippen molar-refractivity contribution in [2.75, 3.05) is 18.0 Å². The molecule has 0 spiro atoms. The summed E-state index contributed by atoms with van der Waals surface area (Å²) in [4.78, 5) is 28.0. The molecule has 0 atom stereocenters. The fraction of sp³-hybridized carbons (Fsp3) is 0.379. The molecule has 0 aromatic heterocycles. The smallest absolute Gasteiger partial charge is 0.246 e. The van der Waals surface area contributed by atoms with Crippen molar-refractivity contribution in [1.29, 1.82) is 0 Å². The second-order valence-electron chi connectivity index (χ2n) is 8.96. The third kappa shape index (κ3) is 5.87. The molecule has 5 nitrogen and oxygen atoms in total. The molecule has 34 heavy (non-hydrogen) atoms. The summed E-state index contributed by atoms with van der Waals surface area (Å²) >= 11 is 0. The van der Waals surface area contributed by atoms with Gasteiger partial charge in [-0.2, -0.15) is 0 Å². The first kappa shape index (κ1) is 23.6. The fourth-order valence-electron chi connectivity index (χ4n) is 4.79. The van der Waals surface area contributed by atoms with Gasteiger partial charge in [-0.3, -0.25) is 9.59 Å². The minimum Gasteiger partial charge on any atom is -0.347 e. The van der Waals surface area contributed by atoms with Crippen molar-refractivity contribution in [3.63, 3.8) is 0 Å². The van der Waals surface area contributed by atoms with Gasteiger partial charge in [-0.15, -0.1) is 6.42 Å². The minimum atomic E-state index is -0.135. The molecule has 1 fully saturated rings. The average molecular weight is 454 g/mol. The summed E-state index contributed by atoms with van der Waals surface area (Å²) in [5, 5.41) is 6.31. The maximum Gasteiger partial charge on any atom is 0.246 e. The molecule has 0 radical (unpaired) electrons. The summed E-state index contributed by atoms with van der Waals surface area (Å²) in [6.07, 6.45) is 11.0. The third-order valence-electron chi connectivity index (χ3n) is 6.66. The molecule has 174 valence electrons. The number of anilines is 1. The first-order valence-corrected chi connectivity index (χ1v) is 12.1. The van der Waals surface area contributed by atoms with Gasteiger partial charge in [0, 0.05) is 23.1 Å². The lowest BCUT2D eigenvalue weighted by atomic mass is 9.88. The van der Waals surface area contributed by atoms with Crippen LogP contribution in [0.4, 0.5) is 5.69 Å². The van der Waals surface area contributed by atoms with Gasteiger partial charge < -0.3 is 15.5 Å². The molecule has 4 rings (SSSR count). The van der Waals surface area contributed by atoms with Crippen molar-refractivity contribution in [1.82, 2.24) is 10.6 Å². The number of benzene rings is 2. The second kappa shape index (κ2) is 11.5. The molecule has 1 saturated carbocycles. The topological polar surface area (TPSA) is 61.4 Å². The van der Waals surface area contributed by atoms with Crippen LogP contribution in [0.1, 0.15) is 55.2 Å². The Morgan fingerprint density at radius 2 is 1.65 bits per heavy atom. The summed E-state index contributed by atoms with van der Waals surface area (Å²) in [7, 11) is 0. The largest absolute Gasteiger partial charge is 0.347 e. The molecule has 2 aromatic rings. The van der Waals surface area contributed by atoms with E-state index in [2.05, 4.69) is 28.4 Å². The predicted octanol–water partition coefficient (Wildman–Crippen LogP) is 3.61. The highest BCUT2D eigenvalue weighted by atomic mass is 16.2. The Balaban J connectivity index is 1.40. The van der Waals surface area contributed by atoms with Gasteiger partial charge >= 0.3 is 0 Å². The van der Waals surface area contributed by atoms with Crippen LogP contribution in [0.5, 0.6) is 0 Å². The quantitative estimate of drug-likeness (QED) is 0.680. The van der Waals surface area contributed by atoms with Crippen molar-refractivity contribution in [3.8, 4) is 24.2 Å². The molecule has 2 aromatic carbocycles. The summed E-state index contributed by atoms with van der Waals surface area (Å²) in [5.41, 5.74) is 3.51. The Labute approximate surface area is 202 Å². The summed E-state index contributed by atoms with van der Waals surface area (Å²) in [6, 6.07) is 16.0. The van der Waals surface area contributed by atoms with Crippen LogP contribution in [0.25, 0.3) is 0 Å². The number of nitrogens with one attached hydrogen (secondary N) is 2. The Morgan fingerprint density at radius 1 is 0.971 bits per heavy atom. The van der Waals surface area contributed by atoms with E-state index in [0.29, 0.717) is 19.1 Å². The van der Waals surface area contributed by atoms with Gasteiger partial charge in [-0.1, -0.05) is 60.9 Å². The monoisotopic (exact) mass is 453 g/mol. The molecule has 1 aliphatic heterocycles. The van der Waals surface area contributed by atoms with Crippen LogP contribution in [0, 0.1) is 30.1 Å². The normalized spacial score (nSPS) is 19.4. The molecule has 2 amide bonds. The van der Waals surface area contributed by atoms with Crippen molar-refractivity contribution in [2.45, 2.75) is 51.1 Å². The van der Waals surface area contributed by atoms with Crippen LogP contribution in [0.3, 0.4) is 0 Å². The van der Waals surface area contributed by atoms with Gasteiger partial charge in [0.1, 0.15) is 0 Å². The highest BCUT2D eigenvalue weighted by molar-refractivity contribution is 5.98. The number of carbonyl (C=O) groups excluding carboxylic acids is 2. The van der Waals surface area contributed by atoms with Crippen LogP contribution in [-0.4, -0.2) is 30.9 Å². The van der Waals surface area contributed by atoms with E-state index < -0.39 is 0 Å². The molecule has 5 heteroatoms. The van der Waals surface area contributed by atoms with E-state index >= 15 is 0 Å². The van der Waals surface area contributed by atoms with Gasteiger partial charge in [-0.05, 0) is 49.4 Å². The summed E-state index contributed by atoms with van der Waals surface area (Å²) in [5.74, 6) is 8.86. The number of para-hydroxylation sites is 1.